The Labute approximate surface area is 239 Å². The number of carbonyl (C=O) groups is 2. The Balaban J connectivity index is 1.20. The van der Waals surface area contributed by atoms with E-state index in [1.165, 1.54) is 42.6 Å². The number of anilines is 2. The number of amides is 2. The van der Waals surface area contributed by atoms with Crippen molar-refractivity contribution in [2.24, 2.45) is 5.41 Å². The third kappa shape index (κ3) is 5.15. The average molecular weight is 564 g/mol. The summed E-state index contributed by atoms with van der Waals surface area (Å²) in [5.41, 5.74) is 2.41. The molecule has 1 fully saturated rings. The Morgan fingerprint density at radius 2 is 1.67 bits per heavy atom. The maximum atomic E-state index is 15.2. The number of fused-ring (bicyclic) bond motifs is 1. The van der Waals surface area contributed by atoms with Gasteiger partial charge < -0.3 is 15.4 Å². The van der Waals surface area contributed by atoms with Gasteiger partial charge >= 0.3 is 0 Å². The van der Waals surface area contributed by atoms with E-state index < -0.39 is 28.9 Å². The summed E-state index contributed by atoms with van der Waals surface area (Å²) in [6.45, 7) is 0. The van der Waals surface area contributed by atoms with Crippen LogP contribution in [0, 0.1) is 28.4 Å². The lowest BCUT2D eigenvalue weighted by Gasteiger charge is -2.16. The van der Waals surface area contributed by atoms with E-state index in [0.717, 1.165) is 22.8 Å². The van der Waals surface area contributed by atoms with Crippen LogP contribution in [0.15, 0.2) is 91.3 Å². The van der Waals surface area contributed by atoms with Crippen LogP contribution in [0.25, 0.3) is 16.6 Å². The number of rotatable bonds is 8. The SMILES string of the molecule is N#CCc1cccc(-c2ccn3nccc(Oc4ccc(NC(=O)C5(C(=O)Nc6ccc(F)cc6)CC5)cc4F)c23)c1. The first-order valence-corrected chi connectivity index (χ1v) is 13.1. The van der Waals surface area contributed by atoms with Crippen LogP contribution >= 0.6 is 0 Å². The number of halogens is 2. The van der Waals surface area contributed by atoms with Gasteiger partial charge in [0.05, 0.1) is 18.7 Å². The molecule has 3 aromatic carbocycles. The van der Waals surface area contributed by atoms with Crippen LogP contribution in [0.1, 0.15) is 18.4 Å². The molecule has 2 N–H and O–H groups in total. The van der Waals surface area contributed by atoms with Crippen LogP contribution in [-0.2, 0) is 16.0 Å². The van der Waals surface area contributed by atoms with Gasteiger partial charge in [0.25, 0.3) is 0 Å². The number of nitriles is 1. The van der Waals surface area contributed by atoms with E-state index in [1.54, 1.807) is 16.8 Å². The van der Waals surface area contributed by atoms with Crippen molar-refractivity contribution >= 4 is 28.7 Å². The molecule has 1 aliphatic rings. The van der Waals surface area contributed by atoms with E-state index in [2.05, 4.69) is 21.8 Å². The van der Waals surface area contributed by atoms with E-state index in [0.29, 0.717) is 29.8 Å². The third-order valence-electron chi connectivity index (χ3n) is 7.17. The fourth-order valence-electron chi connectivity index (χ4n) is 4.77. The molecule has 2 amide bonds. The summed E-state index contributed by atoms with van der Waals surface area (Å²) < 4.78 is 36.0. The van der Waals surface area contributed by atoms with Crippen molar-refractivity contribution in [3.05, 3.63) is 108 Å². The summed E-state index contributed by atoms with van der Waals surface area (Å²) >= 11 is 0. The van der Waals surface area contributed by atoms with Gasteiger partial charge in [-0.3, -0.25) is 9.59 Å². The highest BCUT2D eigenvalue weighted by Gasteiger charge is 2.56. The lowest BCUT2D eigenvalue weighted by Crippen LogP contribution is -2.35. The lowest BCUT2D eigenvalue weighted by molar-refractivity contribution is -0.131. The molecule has 0 spiro atoms. The number of nitrogens with one attached hydrogen (secondary N) is 2. The zero-order valence-electron chi connectivity index (χ0n) is 22.1. The van der Waals surface area contributed by atoms with Gasteiger partial charge in [0.1, 0.15) is 16.7 Å². The van der Waals surface area contributed by atoms with Crippen molar-refractivity contribution in [1.29, 1.82) is 5.26 Å². The summed E-state index contributed by atoms with van der Waals surface area (Å²) in [5.74, 6) is -1.92. The van der Waals surface area contributed by atoms with Crippen molar-refractivity contribution in [1.82, 2.24) is 9.61 Å². The fraction of sp³-hybridized carbons (Fsp3) is 0.125. The average Bonchev–Trinajstić information content (AvgIpc) is 3.69. The molecule has 0 saturated heterocycles. The van der Waals surface area contributed by atoms with Gasteiger partial charge in [0, 0.05) is 35.3 Å². The number of ether oxygens (including phenoxy) is 1. The monoisotopic (exact) mass is 563 g/mol. The van der Waals surface area contributed by atoms with Gasteiger partial charge in [-0.05, 0) is 66.4 Å². The lowest BCUT2D eigenvalue weighted by atomic mass is 10.0. The summed E-state index contributed by atoms with van der Waals surface area (Å²) in [7, 11) is 0. The largest absolute Gasteiger partial charge is 0.452 e. The molecule has 10 heteroatoms. The second kappa shape index (κ2) is 10.8. The molecule has 0 aliphatic heterocycles. The molecular weight excluding hydrogens is 540 g/mol. The topological polar surface area (TPSA) is 109 Å². The number of benzene rings is 3. The molecule has 1 saturated carbocycles. The van der Waals surface area contributed by atoms with E-state index in [-0.39, 0.29) is 17.9 Å². The molecule has 0 unspecified atom stereocenters. The molecule has 42 heavy (non-hydrogen) atoms. The normalized spacial score (nSPS) is 13.3. The minimum Gasteiger partial charge on any atom is -0.452 e. The van der Waals surface area contributed by atoms with Crippen molar-refractivity contribution in [3.63, 3.8) is 0 Å². The van der Waals surface area contributed by atoms with Crippen LogP contribution in [0.3, 0.4) is 0 Å². The zero-order chi connectivity index (χ0) is 29.3. The van der Waals surface area contributed by atoms with Crippen molar-refractivity contribution in [2.45, 2.75) is 19.3 Å². The molecule has 8 nitrogen and oxygen atoms in total. The standard InChI is InChI=1S/C32H23F2N5O3/c33-22-4-6-23(7-5-22)37-30(40)32(13-14-32)31(41)38-24-8-9-27(26(34)19-24)42-28-11-16-36-39-17-12-25(29(28)39)21-3-1-2-20(18-21)10-15-35/h1-9,11-12,16-19H,10,13-14H2,(H,37,40)(H,38,41). The first-order chi connectivity index (χ1) is 20.4. The Bertz CT molecular complexity index is 1870. The minimum absolute atomic E-state index is 0.0679. The molecule has 2 heterocycles. The van der Waals surface area contributed by atoms with Gasteiger partial charge in [0.2, 0.25) is 11.8 Å². The second-order valence-corrected chi connectivity index (χ2v) is 10.00. The van der Waals surface area contributed by atoms with E-state index in [4.69, 9.17) is 10.00 Å². The van der Waals surface area contributed by atoms with Gasteiger partial charge in [-0.15, -0.1) is 0 Å². The van der Waals surface area contributed by atoms with Crippen molar-refractivity contribution in [3.8, 4) is 28.7 Å². The van der Waals surface area contributed by atoms with Crippen LogP contribution in [-0.4, -0.2) is 21.4 Å². The first kappa shape index (κ1) is 26.7. The zero-order valence-corrected chi connectivity index (χ0v) is 22.1. The van der Waals surface area contributed by atoms with Crippen molar-refractivity contribution < 1.29 is 23.1 Å². The summed E-state index contributed by atoms with van der Waals surface area (Å²) in [6.07, 6.45) is 4.26. The highest BCUT2D eigenvalue weighted by atomic mass is 19.1. The Morgan fingerprint density at radius 1 is 0.929 bits per heavy atom. The molecule has 2 aromatic heterocycles. The highest BCUT2D eigenvalue weighted by Crippen LogP contribution is 2.47. The third-order valence-corrected chi connectivity index (χ3v) is 7.17. The maximum absolute atomic E-state index is 15.2. The molecule has 6 rings (SSSR count). The molecular formula is C32H23F2N5O3. The number of aromatic nitrogens is 2. The van der Waals surface area contributed by atoms with Crippen LogP contribution in [0.5, 0.6) is 11.5 Å². The van der Waals surface area contributed by atoms with E-state index in [1.807, 2.05) is 30.3 Å². The first-order valence-electron chi connectivity index (χ1n) is 13.1. The molecule has 0 atom stereocenters. The predicted molar refractivity (Wildman–Crippen MR) is 152 cm³/mol. The van der Waals surface area contributed by atoms with Gasteiger partial charge in [-0.25, -0.2) is 13.3 Å². The second-order valence-electron chi connectivity index (χ2n) is 10.00. The number of nitrogens with zero attached hydrogens (tertiary/aromatic N) is 3. The van der Waals surface area contributed by atoms with Crippen LogP contribution in [0.2, 0.25) is 0 Å². The molecule has 1 aliphatic carbocycles. The van der Waals surface area contributed by atoms with Gasteiger partial charge in [-0.2, -0.15) is 10.4 Å². The minimum atomic E-state index is -1.28. The van der Waals surface area contributed by atoms with Crippen molar-refractivity contribution in [2.75, 3.05) is 10.6 Å². The predicted octanol–water partition coefficient (Wildman–Crippen LogP) is 6.50. The quantitative estimate of drug-likeness (QED) is 0.210. The molecule has 5 aromatic rings. The summed E-state index contributed by atoms with van der Waals surface area (Å²) in [4.78, 5) is 25.8. The summed E-state index contributed by atoms with van der Waals surface area (Å²) in [5, 5.41) is 18.7. The number of hydrogen-bond donors (Lipinski definition) is 2. The van der Waals surface area contributed by atoms with E-state index >= 15 is 4.39 Å². The van der Waals surface area contributed by atoms with Gasteiger partial charge in [-0.1, -0.05) is 24.3 Å². The Kier molecular flexibility index (Phi) is 6.84. The number of hydrogen-bond acceptors (Lipinski definition) is 5. The Hall–Kier alpha value is -5.56. The molecule has 0 bridgehead atoms. The fourth-order valence-corrected chi connectivity index (χ4v) is 4.77. The highest BCUT2D eigenvalue weighted by molar-refractivity contribution is 6.16. The molecule has 0 radical (unpaired) electrons. The van der Waals surface area contributed by atoms with Crippen LogP contribution < -0.4 is 15.4 Å². The summed E-state index contributed by atoms with van der Waals surface area (Å²) in [6, 6.07) is 22.5. The smallest absolute Gasteiger partial charge is 0.240 e. The van der Waals surface area contributed by atoms with Gasteiger partial charge in [0.15, 0.2) is 17.3 Å². The van der Waals surface area contributed by atoms with Crippen LogP contribution in [0.4, 0.5) is 20.2 Å². The maximum Gasteiger partial charge on any atom is 0.240 e. The Morgan fingerprint density at radius 3 is 2.38 bits per heavy atom. The number of carbonyl (C=O) groups excluding carboxylic acids is 2. The van der Waals surface area contributed by atoms with E-state index in [9.17, 15) is 14.0 Å². The molecule has 208 valence electrons.